The number of aliphatic carboxylic acids is 1. The van der Waals surface area contributed by atoms with Gasteiger partial charge in [0, 0.05) is 19.0 Å². The van der Waals surface area contributed by atoms with Crippen LogP contribution in [0.5, 0.6) is 0 Å². The number of fused-ring (bicyclic) bond motifs is 1. The molecule has 3 rings (SSSR count). The topological polar surface area (TPSA) is 71.2 Å². The van der Waals surface area contributed by atoms with Crippen molar-refractivity contribution in [2.24, 2.45) is 0 Å². The van der Waals surface area contributed by atoms with Gasteiger partial charge in [0.25, 0.3) is 0 Å². The maximum absolute atomic E-state index is 10.8. The second-order valence-electron chi connectivity index (χ2n) is 5.76. The molecule has 7 heteroatoms. The van der Waals surface area contributed by atoms with Crippen LogP contribution in [0, 0.1) is 0 Å². The number of aryl methyl sites for hydroxylation is 1. The van der Waals surface area contributed by atoms with E-state index in [4.69, 9.17) is 5.11 Å². The molecule has 21 heavy (non-hydrogen) atoms. The molecular formula is C14H22N4O2S. The number of piperidine rings is 1. The first kappa shape index (κ1) is 14.8. The Kier molecular flexibility index (Phi) is 4.49. The van der Waals surface area contributed by atoms with Crippen molar-refractivity contribution in [3.8, 4) is 0 Å². The van der Waals surface area contributed by atoms with Gasteiger partial charge in [0.1, 0.15) is 5.82 Å². The van der Waals surface area contributed by atoms with Crippen LogP contribution in [0.3, 0.4) is 0 Å². The van der Waals surface area contributed by atoms with Crippen LogP contribution in [-0.4, -0.2) is 55.6 Å². The lowest BCUT2D eigenvalue weighted by molar-refractivity contribution is -0.133. The third-order valence-corrected chi connectivity index (χ3v) is 5.46. The number of hydrogen-bond donors (Lipinski definition) is 1. The molecule has 116 valence electrons. The SMILES string of the molecule is CCc1nnc(SCC(=O)O)n1C1CCN2CCCCC12. The van der Waals surface area contributed by atoms with Gasteiger partial charge < -0.3 is 9.67 Å². The lowest BCUT2D eigenvalue weighted by Gasteiger charge is -2.33. The van der Waals surface area contributed by atoms with Gasteiger partial charge in [0.05, 0.1) is 11.8 Å². The monoisotopic (exact) mass is 310 g/mol. The van der Waals surface area contributed by atoms with Gasteiger partial charge in [0.2, 0.25) is 0 Å². The van der Waals surface area contributed by atoms with Gasteiger partial charge in [-0.3, -0.25) is 9.69 Å². The molecule has 0 radical (unpaired) electrons. The maximum atomic E-state index is 10.8. The van der Waals surface area contributed by atoms with E-state index in [0.717, 1.165) is 30.4 Å². The number of aromatic nitrogens is 3. The summed E-state index contributed by atoms with van der Waals surface area (Å²) in [5.74, 6) is 0.224. The zero-order valence-electron chi connectivity index (χ0n) is 12.4. The Balaban J connectivity index is 1.85. The van der Waals surface area contributed by atoms with Crippen LogP contribution < -0.4 is 0 Å². The Bertz CT molecular complexity index is 519. The molecule has 2 aliphatic heterocycles. The first-order chi connectivity index (χ1) is 10.2. The molecule has 0 bridgehead atoms. The van der Waals surface area contributed by atoms with Crippen molar-refractivity contribution in [2.45, 2.75) is 56.3 Å². The molecule has 2 aliphatic rings. The fraction of sp³-hybridized carbons (Fsp3) is 0.786. The molecule has 1 N–H and O–H groups in total. The van der Waals surface area contributed by atoms with E-state index in [9.17, 15) is 4.79 Å². The fourth-order valence-electron chi connectivity index (χ4n) is 3.63. The van der Waals surface area contributed by atoms with Gasteiger partial charge in [-0.05, 0) is 25.8 Å². The molecule has 2 atom stereocenters. The Morgan fingerprint density at radius 2 is 2.14 bits per heavy atom. The van der Waals surface area contributed by atoms with Crippen LogP contribution in [0.1, 0.15) is 44.5 Å². The van der Waals surface area contributed by atoms with Crippen molar-refractivity contribution in [3.05, 3.63) is 5.82 Å². The van der Waals surface area contributed by atoms with Crippen LogP contribution in [0.15, 0.2) is 5.16 Å². The molecule has 3 heterocycles. The maximum Gasteiger partial charge on any atom is 0.313 e. The van der Waals surface area contributed by atoms with Crippen molar-refractivity contribution in [1.29, 1.82) is 0 Å². The van der Waals surface area contributed by atoms with E-state index in [1.54, 1.807) is 0 Å². The molecule has 6 nitrogen and oxygen atoms in total. The van der Waals surface area contributed by atoms with E-state index in [1.165, 1.54) is 37.6 Å². The zero-order valence-corrected chi connectivity index (χ0v) is 13.2. The molecule has 0 aromatic carbocycles. The summed E-state index contributed by atoms with van der Waals surface area (Å²) in [5, 5.41) is 18.2. The van der Waals surface area contributed by atoms with Crippen molar-refractivity contribution >= 4 is 17.7 Å². The third kappa shape index (κ3) is 2.94. The summed E-state index contributed by atoms with van der Waals surface area (Å²) in [6.07, 6.45) is 5.78. The minimum absolute atomic E-state index is 0.0446. The molecule has 0 spiro atoms. The minimum Gasteiger partial charge on any atom is -0.481 e. The molecular weight excluding hydrogens is 288 g/mol. The summed E-state index contributed by atoms with van der Waals surface area (Å²) in [7, 11) is 0. The third-order valence-electron chi connectivity index (χ3n) is 4.53. The fourth-order valence-corrected chi connectivity index (χ4v) is 4.36. The molecule has 0 saturated carbocycles. The van der Waals surface area contributed by atoms with Gasteiger partial charge in [0.15, 0.2) is 5.16 Å². The van der Waals surface area contributed by atoms with Crippen molar-refractivity contribution in [2.75, 3.05) is 18.8 Å². The number of carbonyl (C=O) groups is 1. The van der Waals surface area contributed by atoms with E-state index in [0.29, 0.717) is 12.1 Å². The molecule has 1 aromatic rings. The quantitative estimate of drug-likeness (QED) is 0.837. The predicted octanol–water partition coefficient (Wildman–Crippen LogP) is 1.82. The normalized spacial score (nSPS) is 26.0. The second-order valence-corrected chi connectivity index (χ2v) is 6.70. The van der Waals surface area contributed by atoms with E-state index in [2.05, 4.69) is 26.6 Å². The van der Waals surface area contributed by atoms with Gasteiger partial charge in [-0.25, -0.2) is 0 Å². The highest BCUT2D eigenvalue weighted by Gasteiger charge is 2.38. The van der Waals surface area contributed by atoms with Gasteiger partial charge >= 0.3 is 5.97 Å². The van der Waals surface area contributed by atoms with Gasteiger partial charge in [-0.1, -0.05) is 25.1 Å². The van der Waals surface area contributed by atoms with Crippen molar-refractivity contribution < 1.29 is 9.90 Å². The van der Waals surface area contributed by atoms with E-state index < -0.39 is 5.97 Å². The summed E-state index contributed by atoms with van der Waals surface area (Å²) in [4.78, 5) is 13.4. The first-order valence-electron chi connectivity index (χ1n) is 7.73. The van der Waals surface area contributed by atoms with Crippen LogP contribution in [0.4, 0.5) is 0 Å². The molecule has 0 aliphatic carbocycles. The minimum atomic E-state index is -0.807. The van der Waals surface area contributed by atoms with Crippen molar-refractivity contribution in [1.82, 2.24) is 19.7 Å². The largest absolute Gasteiger partial charge is 0.481 e. The first-order valence-corrected chi connectivity index (χ1v) is 8.71. The highest BCUT2D eigenvalue weighted by atomic mass is 32.2. The predicted molar refractivity (Wildman–Crippen MR) is 80.6 cm³/mol. The standard InChI is InChI=1S/C14H22N4O2S/c1-2-12-15-16-14(21-9-13(19)20)18(12)11-6-8-17-7-4-3-5-10(11)17/h10-11H,2-9H2,1H3,(H,19,20). The average molecular weight is 310 g/mol. The molecule has 2 saturated heterocycles. The molecule has 2 unspecified atom stereocenters. The van der Waals surface area contributed by atoms with E-state index in [-0.39, 0.29) is 5.75 Å². The summed E-state index contributed by atoms with van der Waals surface area (Å²) < 4.78 is 2.23. The number of hydrogen-bond acceptors (Lipinski definition) is 5. The highest BCUT2D eigenvalue weighted by molar-refractivity contribution is 7.99. The Morgan fingerprint density at radius 1 is 1.29 bits per heavy atom. The molecule has 0 amide bonds. The average Bonchev–Trinajstić information content (AvgIpc) is 3.08. The summed E-state index contributed by atoms with van der Waals surface area (Å²) >= 11 is 1.29. The Morgan fingerprint density at radius 3 is 2.90 bits per heavy atom. The Labute approximate surface area is 128 Å². The number of thioether (sulfide) groups is 1. The smallest absolute Gasteiger partial charge is 0.313 e. The number of nitrogens with zero attached hydrogens (tertiary/aromatic N) is 4. The summed E-state index contributed by atoms with van der Waals surface area (Å²) in [6.45, 7) is 4.42. The van der Waals surface area contributed by atoms with Gasteiger partial charge in [-0.2, -0.15) is 0 Å². The molecule has 2 fully saturated rings. The van der Waals surface area contributed by atoms with Crippen LogP contribution >= 0.6 is 11.8 Å². The highest BCUT2D eigenvalue weighted by Crippen LogP contribution is 2.37. The lowest BCUT2D eigenvalue weighted by atomic mass is 9.99. The van der Waals surface area contributed by atoms with Gasteiger partial charge in [-0.15, -0.1) is 10.2 Å². The van der Waals surface area contributed by atoms with E-state index in [1.807, 2.05) is 0 Å². The van der Waals surface area contributed by atoms with Crippen LogP contribution in [0.25, 0.3) is 0 Å². The Hall–Kier alpha value is -1.08. The van der Waals surface area contributed by atoms with E-state index >= 15 is 0 Å². The zero-order chi connectivity index (χ0) is 14.8. The van der Waals surface area contributed by atoms with Crippen molar-refractivity contribution in [3.63, 3.8) is 0 Å². The number of rotatable bonds is 5. The summed E-state index contributed by atoms with van der Waals surface area (Å²) in [5.41, 5.74) is 0. The second kappa shape index (κ2) is 6.36. The van der Waals surface area contributed by atoms with Crippen LogP contribution in [0.2, 0.25) is 0 Å². The van der Waals surface area contributed by atoms with Crippen LogP contribution in [-0.2, 0) is 11.2 Å². The lowest BCUT2D eigenvalue weighted by Crippen LogP contribution is -2.38. The molecule has 1 aromatic heterocycles. The number of carboxylic acids is 1. The number of carboxylic acid groups (broad SMARTS) is 1. The summed E-state index contributed by atoms with van der Waals surface area (Å²) in [6, 6.07) is 0.982.